The first-order valence-electron chi connectivity index (χ1n) is 43.0. The van der Waals surface area contributed by atoms with Gasteiger partial charge in [0.15, 0.2) is 21.4 Å². The van der Waals surface area contributed by atoms with E-state index in [1.165, 1.54) is 130 Å². The molecule has 0 spiro atoms. The van der Waals surface area contributed by atoms with E-state index in [1.807, 2.05) is 52.0 Å². The molecule has 1 atom stereocenters. The van der Waals surface area contributed by atoms with Gasteiger partial charge in [-0.1, -0.05) is 371 Å². The third-order valence-corrected chi connectivity index (χ3v) is 21.1. The molecular weight excluding hydrogens is 1470 g/mol. The number of fused-ring (bicyclic) bond motifs is 1. The normalized spacial score (nSPS) is 14.8. The lowest BCUT2D eigenvalue weighted by Crippen LogP contribution is -2.48. The number of hydrogen-bond acceptors (Lipinski definition) is 5. The molecule has 642 valence electrons. The summed E-state index contributed by atoms with van der Waals surface area (Å²) in [6.07, 6.45) is 18.3. The number of methoxy groups -OCH3 is 1. The van der Waals surface area contributed by atoms with Gasteiger partial charge in [0, 0.05) is 48.5 Å². The van der Waals surface area contributed by atoms with E-state index < -0.39 is 15.7 Å². The molecule has 7 aromatic carbocycles. The van der Waals surface area contributed by atoms with Crippen molar-refractivity contribution in [3.05, 3.63) is 235 Å². The van der Waals surface area contributed by atoms with Crippen LogP contribution in [0, 0.1) is 56.5 Å². The summed E-state index contributed by atoms with van der Waals surface area (Å²) in [4.78, 5) is 2.46. The molecular formula is C104H164Cl2F2N2O3S. The summed E-state index contributed by atoms with van der Waals surface area (Å²) >= 11 is 12.1. The maximum atomic E-state index is 13.5. The molecule has 0 radical (unpaired) electrons. The Bertz CT molecular complexity index is 3850. The number of nitrogens with one attached hydrogen (secondary N) is 1. The van der Waals surface area contributed by atoms with Gasteiger partial charge in [0.25, 0.3) is 0 Å². The van der Waals surface area contributed by atoms with Crippen LogP contribution < -0.4 is 10.1 Å². The van der Waals surface area contributed by atoms with E-state index in [4.69, 9.17) is 27.9 Å². The highest BCUT2D eigenvalue weighted by atomic mass is 35.5. The SMILES string of the molecule is C1CCC(N2CCNCC2)CC1.CC.CC.CC(C)(C)C1CCCc2ccccc21.CC(C)(C)Cc1c(Cl)cccc1Cl.CC(C)(C)Cc1ccc(C(C)(C)C)cc1.CC(C)(C)Cc1ccc(S(C)(=O)=O)c(F)c1.CC(C)c1ccc(CC(C)(C)C)cc1.COc1ccc(CC(C)(C)C)cc1F.Cc1ccc(CC(C)(C)C)cc1. The second-order valence-corrected chi connectivity index (χ2v) is 43.8. The zero-order valence-electron chi connectivity index (χ0n) is 78.5. The van der Waals surface area contributed by atoms with Crippen LogP contribution in [0.15, 0.2) is 157 Å². The molecule has 1 saturated carbocycles. The number of rotatable bonds is 10. The minimum atomic E-state index is -3.47. The Morgan fingerprint density at radius 2 is 0.868 bits per heavy atom. The van der Waals surface area contributed by atoms with Gasteiger partial charge in [0.1, 0.15) is 10.7 Å². The third-order valence-electron chi connectivity index (χ3n) is 19.3. The zero-order valence-corrected chi connectivity index (χ0v) is 80.8. The first-order valence-corrected chi connectivity index (χ1v) is 45.7. The van der Waals surface area contributed by atoms with Gasteiger partial charge in [-0.3, -0.25) is 4.90 Å². The molecule has 3 aliphatic rings. The van der Waals surface area contributed by atoms with E-state index in [-0.39, 0.29) is 32.4 Å². The second kappa shape index (κ2) is 49.9. The average Bonchev–Trinajstić information content (AvgIpc) is 0.803. The quantitative estimate of drug-likeness (QED) is 0.148. The van der Waals surface area contributed by atoms with Crippen molar-refractivity contribution >= 4 is 33.0 Å². The molecule has 1 unspecified atom stereocenters. The van der Waals surface area contributed by atoms with Crippen LogP contribution in [-0.2, 0) is 60.2 Å². The summed E-state index contributed by atoms with van der Waals surface area (Å²) in [6, 6.07) is 51.9. The van der Waals surface area contributed by atoms with Gasteiger partial charge in [-0.25, -0.2) is 17.2 Å². The van der Waals surface area contributed by atoms with Crippen LogP contribution in [0.1, 0.15) is 326 Å². The largest absolute Gasteiger partial charge is 0.494 e. The van der Waals surface area contributed by atoms with E-state index in [1.54, 1.807) is 29.3 Å². The summed E-state index contributed by atoms with van der Waals surface area (Å²) in [6.45, 7) is 73.0. The number of halogens is 4. The standard InChI is InChI=1S/C15H24.C14H20.C14H22.C12H17FO2S.C12H17FO.C12H18.C11H14Cl2.C10H20N2.2C2H6/c1-14(2,3)11-12-7-9-13(10-8-12)15(4,5)6;1-14(2,3)13-10-6-8-11-7-4-5-9-12(11)13;1-11(2)13-8-6-12(7-9-13)10-14(3,4)5;1-12(2,3)8-9-5-6-11(10(13)7-9)16(4,14)15;1-12(2,3)8-9-5-6-11(14-4)10(13)7-9;1-10-5-7-11(8-6-10)9-12(2,3)4;1-11(2,3)7-8-9(12)5-4-6-10(8)13;1-2-4-10(5-3-1)12-8-6-11-7-9-12;2*1-2/h7-10H,11H2,1-6H3;4-5,7,9,13H,6,8,10H2,1-3H3;6-9,11H,10H2,1-5H3;5-7H,8H2,1-4H3;5-7H,8H2,1-4H3;5-8H,9H2,1-4H3;4-6H,7H2,1-3H3;10-11H,1-9H2;2*1-2H3. The number of sulfone groups is 1. The van der Waals surface area contributed by atoms with Crippen molar-refractivity contribution in [3.63, 3.8) is 0 Å². The monoisotopic (exact) mass is 1630 g/mol. The molecule has 0 bridgehead atoms. The molecule has 2 aliphatic carbocycles. The highest BCUT2D eigenvalue weighted by Gasteiger charge is 2.30. The molecule has 10 rings (SSSR count). The fraction of sp³-hybridized carbons (Fsp3) is 0.596. The van der Waals surface area contributed by atoms with Crippen LogP contribution in [-0.4, -0.2) is 58.9 Å². The molecule has 1 heterocycles. The van der Waals surface area contributed by atoms with E-state index in [2.05, 4.69) is 294 Å². The summed E-state index contributed by atoms with van der Waals surface area (Å²) in [5, 5.41) is 4.94. The third kappa shape index (κ3) is 46.7. The van der Waals surface area contributed by atoms with E-state index >= 15 is 0 Å². The average molecular weight is 1630 g/mol. The van der Waals surface area contributed by atoms with E-state index in [0.29, 0.717) is 39.7 Å². The van der Waals surface area contributed by atoms with Gasteiger partial charge in [-0.15, -0.1) is 0 Å². The molecule has 0 amide bonds. The molecule has 5 nitrogen and oxygen atoms in total. The smallest absolute Gasteiger partial charge is 0.178 e. The Kier molecular flexibility index (Phi) is 46.7. The Hall–Kier alpha value is -5.35. The lowest BCUT2D eigenvalue weighted by molar-refractivity contribution is 0.139. The van der Waals surface area contributed by atoms with Crippen LogP contribution in [0.4, 0.5) is 8.78 Å². The summed E-state index contributed by atoms with van der Waals surface area (Å²) in [5.74, 6) is 0.757. The van der Waals surface area contributed by atoms with E-state index in [9.17, 15) is 17.2 Å². The maximum Gasteiger partial charge on any atom is 0.178 e. The van der Waals surface area contributed by atoms with E-state index in [0.717, 1.165) is 77.1 Å². The number of piperazine rings is 1. The van der Waals surface area contributed by atoms with Crippen molar-refractivity contribution in [2.24, 2.45) is 37.9 Å². The van der Waals surface area contributed by atoms with Crippen LogP contribution in [0.5, 0.6) is 5.75 Å². The Labute approximate surface area is 710 Å². The number of nitrogens with zero attached hydrogens (tertiary/aromatic N) is 1. The van der Waals surface area contributed by atoms with Crippen molar-refractivity contribution in [1.82, 2.24) is 10.2 Å². The van der Waals surface area contributed by atoms with Crippen LogP contribution in [0.3, 0.4) is 0 Å². The van der Waals surface area contributed by atoms with Gasteiger partial charge in [-0.05, 0) is 225 Å². The lowest BCUT2D eigenvalue weighted by Gasteiger charge is -2.36. The van der Waals surface area contributed by atoms with Gasteiger partial charge in [0.05, 0.1) is 7.11 Å². The number of aryl methyl sites for hydroxylation is 2. The minimum Gasteiger partial charge on any atom is -0.494 e. The van der Waals surface area contributed by atoms with Gasteiger partial charge >= 0.3 is 0 Å². The second-order valence-electron chi connectivity index (χ2n) is 41.0. The first-order chi connectivity index (χ1) is 52.5. The van der Waals surface area contributed by atoms with Gasteiger partial charge < -0.3 is 10.1 Å². The molecule has 1 saturated heterocycles. The number of benzene rings is 7. The summed E-state index contributed by atoms with van der Waals surface area (Å²) in [5.41, 5.74) is 16.9. The minimum absolute atomic E-state index is 0.0546. The van der Waals surface area contributed by atoms with Crippen molar-refractivity contribution in [2.75, 3.05) is 39.5 Å². The molecule has 2 fully saturated rings. The van der Waals surface area contributed by atoms with Crippen molar-refractivity contribution < 1.29 is 21.9 Å². The molecule has 1 N–H and O–H groups in total. The molecule has 7 aromatic rings. The Morgan fingerprint density at radius 1 is 0.474 bits per heavy atom. The molecule has 114 heavy (non-hydrogen) atoms. The van der Waals surface area contributed by atoms with Gasteiger partial charge in [-0.2, -0.15) is 0 Å². The molecule has 10 heteroatoms. The fourth-order valence-electron chi connectivity index (χ4n) is 14.1. The zero-order chi connectivity index (χ0) is 87.4. The molecule has 1 aliphatic heterocycles. The summed E-state index contributed by atoms with van der Waals surface area (Å²) in [7, 11) is -1.99. The highest BCUT2D eigenvalue weighted by molar-refractivity contribution is 7.90. The molecule has 0 aromatic heterocycles. The van der Waals surface area contributed by atoms with Crippen molar-refractivity contribution in [2.45, 2.75) is 333 Å². The summed E-state index contributed by atoms with van der Waals surface area (Å²) < 4.78 is 54.1. The lowest BCUT2D eigenvalue weighted by atomic mass is 9.69. The highest BCUT2D eigenvalue weighted by Crippen LogP contribution is 2.43. The first kappa shape index (κ1) is 107. The Morgan fingerprint density at radius 3 is 1.25 bits per heavy atom. The van der Waals surface area contributed by atoms with Gasteiger partial charge in [0.2, 0.25) is 0 Å². The van der Waals surface area contributed by atoms with Crippen LogP contribution in [0.2, 0.25) is 10.0 Å². The predicted molar refractivity (Wildman–Crippen MR) is 500 cm³/mol. The van der Waals surface area contributed by atoms with Crippen molar-refractivity contribution in [3.8, 4) is 5.75 Å². The topological polar surface area (TPSA) is 58.6 Å². The fourth-order valence-corrected chi connectivity index (χ4v) is 15.3. The van der Waals surface area contributed by atoms with Crippen molar-refractivity contribution in [1.29, 1.82) is 0 Å². The van der Waals surface area contributed by atoms with Crippen LogP contribution >= 0.6 is 23.2 Å². The number of ether oxygens (including phenoxy) is 1. The van der Waals surface area contributed by atoms with Crippen LogP contribution in [0.25, 0.3) is 0 Å². The number of hydrogen-bond donors (Lipinski definition) is 1. The predicted octanol–water partition coefficient (Wildman–Crippen LogP) is 30.8. The maximum absolute atomic E-state index is 13.5. The Balaban J connectivity index is 0.000000648.